The zero-order valence-corrected chi connectivity index (χ0v) is 12.8. The smallest absolute Gasteiger partial charge is 0.168 e. The second-order valence-electron chi connectivity index (χ2n) is 4.98. The first-order chi connectivity index (χ1) is 8.87. The molecule has 0 radical (unpaired) electrons. The van der Waals surface area contributed by atoms with Crippen LogP contribution < -0.4 is 17.0 Å². The molecule has 1 aliphatic rings. The van der Waals surface area contributed by atoms with Gasteiger partial charge in [-0.3, -0.25) is 4.57 Å². The van der Waals surface area contributed by atoms with Crippen LogP contribution in [0.1, 0.15) is 19.6 Å². The van der Waals surface area contributed by atoms with Crippen LogP contribution in [0.15, 0.2) is 6.33 Å². The summed E-state index contributed by atoms with van der Waals surface area (Å²) in [7, 11) is 5.20. The Morgan fingerprint density at radius 3 is 2.89 bits per heavy atom. The van der Waals surface area contributed by atoms with Crippen LogP contribution in [0.5, 0.6) is 0 Å². The molecular weight excluding hydrogens is 282 g/mol. The zero-order chi connectivity index (χ0) is 13.8. The van der Waals surface area contributed by atoms with Gasteiger partial charge in [0.15, 0.2) is 11.5 Å². The van der Waals surface area contributed by atoms with Gasteiger partial charge < -0.3 is 16.2 Å². The Balaban J connectivity index is 2.11. The zero-order valence-electron chi connectivity index (χ0n) is 10.4. The van der Waals surface area contributed by atoms with Crippen molar-refractivity contribution in [1.29, 1.82) is 0 Å². The second kappa shape index (κ2) is 4.32. The average Bonchev–Trinajstić information content (AvgIpc) is 2.79. The van der Waals surface area contributed by atoms with Crippen LogP contribution in [-0.2, 0) is 4.74 Å². The molecule has 1 saturated heterocycles. The maximum atomic E-state index is 6.04. The molecule has 0 aliphatic carbocycles. The molecule has 5 atom stereocenters. The quantitative estimate of drug-likeness (QED) is 0.703. The lowest BCUT2D eigenvalue weighted by Crippen LogP contribution is -2.35. The highest BCUT2D eigenvalue weighted by Gasteiger charge is 2.40. The molecule has 0 bridgehead atoms. The number of nitrogens with zero attached hydrogens (tertiary/aromatic N) is 4. The predicted molar refractivity (Wildman–Crippen MR) is 79.9 cm³/mol. The summed E-state index contributed by atoms with van der Waals surface area (Å²) < 4.78 is 7.72. The number of nitrogens with two attached hydrogens (primary N) is 2. The third kappa shape index (κ3) is 2.21. The Hall–Kier alpha value is -0.870. The summed E-state index contributed by atoms with van der Waals surface area (Å²) >= 11 is 0. The maximum Gasteiger partial charge on any atom is 0.168 e. The summed E-state index contributed by atoms with van der Waals surface area (Å²) in [4.78, 5) is 12.7. The molecule has 102 valence electrons. The summed E-state index contributed by atoms with van der Waals surface area (Å²) in [6.45, 7) is 1.87. The molecule has 9 heteroatoms. The minimum Gasteiger partial charge on any atom is -0.382 e. The van der Waals surface area contributed by atoms with Gasteiger partial charge in [0.05, 0.1) is 6.33 Å². The van der Waals surface area contributed by atoms with Crippen LogP contribution in [-0.4, -0.2) is 30.9 Å². The molecule has 2 aromatic heterocycles. The van der Waals surface area contributed by atoms with E-state index in [0.717, 1.165) is 6.42 Å². The maximum absolute atomic E-state index is 6.04. The van der Waals surface area contributed by atoms with Gasteiger partial charge in [-0.25, -0.2) is 15.0 Å². The topological polar surface area (TPSA) is 105 Å². The van der Waals surface area contributed by atoms with E-state index in [9.17, 15) is 0 Å². The number of nitrogen functional groups attached to an aromatic ring is 1. The van der Waals surface area contributed by atoms with Gasteiger partial charge in [-0.1, -0.05) is 9.24 Å². The normalized spacial score (nSPS) is 31.2. The van der Waals surface area contributed by atoms with Crippen molar-refractivity contribution in [3.63, 3.8) is 0 Å². The molecule has 0 spiro atoms. The van der Waals surface area contributed by atoms with Crippen LogP contribution in [0, 0.1) is 0 Å². The van der Waals surface area contributed by atoms with E-state index in [-0.39, 0.29) is 11.9 Å². The highest BCUT2D eigenvalue weighted by Crippen LogP contribution is 2.39. The molecule has 3 rings (SSSR count). The van der Waals surface area contributed by atoms with Gasteiger partial charge in [0.1, 0.15) is 23.0 Å². The van der Waals surface area contributed by atoms with Crippen molar-refractivity contribution < 1.29 is 4.74 Å². The number of ether oxygens (including phenoxy) is 1. The van der Waals surface area contributed by atoms with Crippen LogP contribution in [0.2, 0.25) is 0 Å². The van der Waals surface area contributed by atoms with Crippen molar-refractivity contribution >= 4 is 41.0 Å². The van der Waals surface area contributed by atoms with Gasteiger partial charge in [0, 0.05) is 12.1 Å². The first-order valence-corrected chi connectivity index (χ1v) is 7.09. The molecule has 7 nitrogen and oxygen atoms in total. The van der Waals surface area contributed by atoms with E-state index in [1.165, 1.54) is 0 Å². The second-order valence-corrected chi connectivity index (χ2v) is 6.35. The van der Waals surface area contributed by atoms with E-state index in [0.29, 0.717) is 22.5 Å². The monoisotopic (exact) mass is 298 g/mol. The third-order valence-electron chi connectivity index (χ3n) is 3.14. The molecule has 1 fully saturated rings. The lowest BCUT2D eigenvalue weighted by molar-refractivity contribution is -0.0546. The summed E-state index contributed by atoms with van der Waals surface area (Å²) in [5.74, 6) is 0.363. The largest absolute Gasteiger partial charge is 0.382 e. The summed E-state index contributed by atoms with van der Waals surface area (Å²) in [6.07, 6.45) is 2.20. The minimum atomic E-state index is -0.643. The average molecular weight is 298 g/mol. The van der Waals surface area contributed by atoms with Crippen LogP contribution in [0.3, 0.4) is 0 Å². The van der Waals surface area contributed by atoms with E-state index in [1.807, 2.05) is 11.5 Å². The molecule has 2 aromatic rings. The number of rotatable bonds is 1. The molecule has 0 saturated carbocycles. The first-order valence-electron chi connectivity index (χ1n) is 5.85. The molecule has 0 amide bonds. The van der Waals surface area contributed by atoms with E-state index in [4.69, 9.17) is 16.2 Å². The SMILES string of the molecule is CC1(N)CC(P)C(n2cnc3c(N)nc(P)nc32)O1. The summed E-state index contributed by atoms with van der Waals surface area (Å²) in [6, 6.07) is 0. The number of imidazole rings is 1. The summed E-state index contributed by atoms with van der Waals surface area (Å²) in [5.41, 5.74) is 13.2. The number of hydrogen-bond acceptors (Lipinski definition) is 6. The fourth-order valence-corrected chi connectivity index (χ4v) is 3.38. The highest BCUT2D eigenvalue weighted by molar-refractivity contribution is 7.26. The number of hydrogen-bond donors (Lipinski definition) is 2. The number of fused-ring (bicyclic) bond motifs is 1. The van der Waals surface area contributed by atoms with Crippen molar-refractivity contribution in [3.05, 3.63) is 6.33 Å². The molecule has 0 aromatic carbocycles. The Morgan fingerprint density at radius 1 is 1.53 bits per heavy atom. The molecule has 5 unspecified atom stereocenters. The van der Waals surface area contributed by atoms with Crippen molar-refractivity contribution in [2.75, 3.05) is 5.73 Å². The van der Waals surface area contributed by atoms with E-state index >= 15 is 0 Å². The highest BCUT2D eigenvalue weighted by atomic mass is 31.0. The molecule has 1 aliphatic heterocycles. The number of anilines is 1. The summed E-state index contributed by atoms with van der Waals surface area (Å²) in [5, 5.41) is 0. The molecular formula is C10H16N6OP2. The van der Waals surface area contributed by atoms with Crippen molar-refractivity contribution in [1.82, 2.24) is 19.5 Å². The van der Waals surface area contributed by atoms with E-state index in [2.05, 4.69) is 33.4 Å². The van der Waals surface area contributed by atoms with Gasteiger partial charge in [0.25, 0.3) is 0 Å². The van der Waals surface area contributed by atoms with E-state index in [1.54, 1.807) is 6.33 Å². The van der Waals surface area contributed by atoms with Gasteiger partial charge in [0.2, 0.25) is 0 Å². The minimum absolute atomic E-state index is 0.191. The Morgan fingerprint density at radius 2 is 2.26 bits per heavy atom. The fraction of sp³-hybridized carbons (Fsp3) is 0.500. The van der Waals surface area contributed by atoms with Crippen molar-refractivity contribution in [2.45, 2.75) is 31.0 Å². The molecule has 4 N–H and O–H groups in total. The Kier molecular flexibility index (Phi) is 2.98. The number of aromatic nitrogens is 4. The molecule has 19 heavy (non-hydrogen) atoms. The van der Waals surface area contributed by atoms with Gasteiger partial charge in [-0.15, -0.1) is 9.24 Å². The van der Waals surface area contributed by atoms with Crippen molar-refractivity contribution in [2.24, 2.45) is 5.73 Å². The third-order valence-corrected chi connectivity index (χ3v) is 3.96. The van der Waals surface area contributed by atoms with Crippen molar-refractivity contribution in [3.8, 4) is 0 Å². The van der Waals surface area contributed by atoms with Crippen LogP contribution in [0.4, 0.5) is 5.82 Å². The lowest BCUT2D eigenvalue weighted by Gasteiger charge is -2.20. The predicted octanol–water partition coefficient (Wildman–Crippen LogP) is -0.254. The lowest BCUT2D eigenvalue weighted by atomic mass is 10.2. The standard InChI is InChI=1S/C10H16N6OP2/c1-10(12)2-4(18)8(17-10)16-3-13-5-6(11)14-9(19)15-7(5)16/h3-4,8H,2,12,18-19H2,1H3,(H2,11,14,15). The van der Waals surface area contributed by atoms with Crippen LogP contribution >= 0.6 is 18.5 Å². The molecule has 3 heterocycles. The Labute approximate surface area is 114 Å². The first kappa shape index (κ1) is 13.1. The van der Waals surface area contributed by atoms with E-state index < -0.39 is 5.72 Å². The van der Waals surface area contributed by atoms with Crippen LogP contribution in [0.25, 0.3) is 11.2 Å². The Bertz CT molecular complexity index is 642. The fourth-order valence-electron chi connectivity index (χ4n) is 2.39. The van der Waals surface area contributed by atoms with Gasteiger partial charge >= 0.3 is 0 Å². The van der Waals surface area contributed by atoms with Gasteiger partial charge in [-0.05, 0) is 6.92 Å². The van der Waals surface area contributed by atoms with Gasteiger partial charge in [-0.2, -0.15) is 0 Å².